The number of carbonyl (C=O) groups is 4. The summed E-state index contributed by atoms with van der Waals surface area (Å²) in [5, 5.41) is 0.892. The van der Waals surface area contributed by atoms with Crippen molar-refractivity contribution in [2.45, 2.75) is 22.5 Å². The molecule has 2 aliphatic rings. The van der Waals surface area contributed by atoms with E-state index in [1.165, 1.54) is 12.0 Å². The number of rotatable bonds is 7. The number of esters is 1. The Morgan fingerprint density at radius 3 is 2.16 bits per heavy atom. The van der Waals surface area contributed by atoms with E-state index in [9.17, 15) is 19.2 Å². The van der Waals surface area contributed by atoms with Gasteiger partial charge in [0.25, 0.3) is 0 Å². The van der Waals surface area contributed by atoms with Crippen molar-refractivity contribution in [3.05, 3.63) is 88.9 Å². The van der Waals surface area contributed by atoms with E-state index in [-0.39, 0.29) is 44.7 Å². The molecule has 11 heteroatoms. The molecule has 2 amide bonds. The Morgan fingerprint density at radius 2 is 1.55 bits per heavy atom. The molecule has 6 rings (SSSR count). The molecule has 8 nitrogen and oxygen atoms in total. The number of halogens is 3. The fourth-order valence-corrected chi connectivity index (χ4v) is 7.12. The van der Waals surface area contributed by atoms with Crippen molar-refractivity contribution in [3.8, 4) is 17.0 Å². The number of pyridine rings is 1. The number of amides is 2. The number of nitrogens with zero attached hydrogens (tertiary/aromatic N) is 2. The first-order chi connectivity index (χ1) is 21.1. The lowest BCUT2D eigenvalue weighted by molar-refractivity contribution is -0.122. The first kappa shape index (κ1) is 30.4. The van der Waals surface area contributed by atoms with Crippen LogP contribution in [0.3, 0.4) is 0 Å². The summed E-state index contributed by atoms with van der Waals surface area (Å²) in [5.41, 5.74) is 2.70. The van der Waals surface area contributed by atoms with Gasteiger partial charge in [0.05, 0.1) is 41.4 Å². The molecular weight excluding hydrogens is 716 g/mol. The van der Waals surface area contributed by atoms with Gasteiger partial charge in [-0.1, -0.05) is 55.6 Å². The van der Waals surface area contributed by atoms with E-state index < -0.39 is 12.6 Å². The van der Waals surface area contributed by atoms with Crippen LogP contribution in [0.2, 0.25) is 5.02 Å². The second kappa shape index (κ2) is 12.4. The number of anilines is 1. The van der Waals surface area contributed by atoms with Crippen LogP contribution in [0, 0.1) is 11.8 Å². The van der Waals surface area contributed by atoms with E-state index >= 15 is 0 Å². The zero-order valence-corrected chi connectivity index (χ0v) is 27.3. The summed E-state index contributed by atoms with van der Waals surface area (Å²) in [7, 11) is 1.53. The molecule has 1 saturated carbocycles. The average Bonchev–Trinajstić information content (AvgIpc) is 3.27. The third-order valence-electron chi connectivity index (χ3n) is 8.07. The van der Waals surface area contributed by atoms with Crippen LogP contribution in [0.5, 0.6) is 5.75 Å². The van der Waals surface area contributed by atoms with Gasteiger partial charge in [0.1, 0.15) is 5.75 Å². The van der Waals surface area contributed by atoms with Gasteiger partial charge in [0, 0.05) is 31.2 Å². The highest BCUT2D eigenvalue weighted by Crippen LogP contribution is 2.44. The van der Waals surface area contributed by atoms with Crippen molar-refractivity contribution in [1.82, 2.24) is 4.98 Å². The van der Waals surface area contributed by atoms with Crippen LogP contribution in [-0.4, -0.2) is 51.9 Å². The molecular formula is C33H25Br2ClN2O6. The number of hydrogen-bond donors (Lipinski definition) is 0. The number of ketones is 1. The van der Waals surface area contributed by atoms with Gasteiger partial charge < -0.3 is 9.47 Å². The van der Waals surface area contributed by atoms with Crippen LogP contribution in [0.25, 0.3) is 22.2 Å². The summed E-state index contributed by atoms with van der Waals surface area (Å²) < 4.78 is 10.6. The van der Waals surface area contributed by atoms with Gasteiger partial charge in [-0.2, -0.15) is 0 Å². The summed E-state index contributed by atoms with van der Waals surface area (Å²) in [6.07, 6.45) is 1.19. The van der Waals surface area contributed by atoms with Crippen LogP contribution in [0.15, 0.2) is 72.8 Å². The van der Waals surface area contributed by atoms with Gasteiger partial charge in [-0.3, -0.25) is 19.3 Å². The molecule has 0 bridgehead atoms. The molecule has 4 aromatic rings. The molecule has 1 aliphatic heterocycles. The van der Waals surface area contributed by atoms with Crippen molar-refractivity contribution in [2.75, 3.05) is 18.6 Å². The Balaban J connectivity index is 1.26. The Morgan fingerprint density at radius 1 is 0.909 bits per heavy atom. The van der Waals surface area contributed by atoms with E-state index in [2.05, 4.69) is 31.9 Å². The number of methoxy groups -OCH3 is 1. The molecule has 224 valence electrons. The Labute approximate surface area is 274 Å². The quantitative estimate of drug-likeness (QED) is 0.0868. The monoisotopic (exact) mass is 738 g/mol. The number of Topliss-reactive ketones (excluding diaryl/α,β-unsaturated/α-hetero) is 1. The highest BCUT2D eigenvalue weighted by molar-refractivity contribution is 9.12. The van der Waals surface area contributed by atoms with E-state index in [1.807, 2.05) is 0 Å². The lowest BCUT2D eigenvalue weighted by Crippen LogP contribution is -2.34. The molecule has 0 spiro atoms. The maximum absolute atomic E-state index is 13.3. The molecule has 0 N–H and O–H groups in total. The van der Waals surface area contributed by atoms with Crippen LogP contribution >= 0.6 is 43.5 Å². The summed E-state index contributed by atoms with van der Waals surface area (Å²) in [6, 6.07) is 20.0. The van der Waals surface area contributed by atoms with Gasteiger partial charge >= 0.3 is 5.97 Å². The lowest BCUT2D eigenvalue weighted by Gasteiger charge is -2.29. The number of benzene rings is 3. The fourth-order valence-electron chi connectivity index (χ4n) is 5.71. The number of fused-ring (bicyclic) bond motifs is 2. The SMILES string of the molecule is COc1ccc(C(=O)COC(=O)c2cc(-c3ccc(N4C(=O)C5CC(Br)C(Br)CC5C4=O)cc3)nc3ccc(Cl)cc23)cc1. The van der Waals surface area contributed by atoms with E-state index in [0.29, 0.717) is 57.0 Å². The van der Waals surface area contributed by atoms with Gasteiger partial charge in [0.15, 0.2) is 12.4 Å². The highest BCUT2D eigenvalue weighted by Gasteiger charge is 2.52. The molecule has 4 atom stereocenters. The standard InChI is InChI=1S/C33H25Br2ClN2O6/c1-43-21-9-4-18(5-10-21)30(39)16-44-33(42)25-15-29(37-28-11-6-19(36)12-22(25)28)17-2-7-20(8-3-17)38-31(40)23-13-26(34)27(35)14-24(23)32(38)41/h2-12,15,23-24,26-27H,13-14,16H2,1H3. The summed E-state index contributed by atoms with van der Waals surface area (Å²) in [5.74, 6) is -1.53. The summed E-state index contributed by atoms with van der Waals surface area (Å²) in [6.45, 7) is -0.453. The number of alkyl halides is 2. The van der Waals surface area contributed by atoms with Crippen molar-refractivity contribution in [2.24, 2.45) is 11.8 Å². The Bertz CT molecular complexity index is 1770. The smallest absolute Gasteiger partial charge is 0.339 e. The zero-order valence-electron chi connectivity index (χ0n) is 23.3. The lowest BCUT2D eigenvalue weighted by atomic mass is 9.81. The first-order valence-corrected chi connectivity index (χ1v) is 16.1. The maximum Gasteiger partial charge on any atom is 0.339 e. The normalized spacial score (nSPS) is 21.3. The Hall–Kier alpha value is -3.60. The van der Waals surface area contributed by atoms with Crippen molar-refractivity contribution in [3.63, 3.8) is 0 Å². The van der Waals surface area contributed by atoms with Crippen LogP contribution in [-0.2, 0) is 14.3 Å². The predicted molar refractivity (Wildman–Crippen MR) is 174 cm³/mol. The molecule has 0 radical (unpaired) electrons. The zero-order chi connectivity index (χ0) is 31.1. The predicted octanol–water partition coefficient (Wildman–Crippen LogP) is 7.03. The second-order valence-electron chi connectivity index (χ2n) is 10.7. The molecule has 1 aliphatic carbocycles. The summed E-state index contributed by atoms with van der Waals surface area (Å²) >= 11 is 13.5. The largest absolute Gasteiger partial charge is 0.497 e. The van der Waals surface area contributed by atoms with Crippen LogP contribution in [0.4, 0.5) is 5.69 Å². The third-order valence-corrected chi connectivity index (χ3v) is 11.0. The number of aromatic nitrogens is 1. The molecule has 1 saturated heterocycles. The van der Waals surface area contributed by atoms with E-state index in [1.54, 1.807) is 72.8 Å². The topological polar surface area (TPSA) is 103 Å². The van der Waals surface area contributed by atoms with Crippen molar-refractivity contribution in [1.29, 1.82) is 0 Å². The van der Waals surface area contributed by atoms with Gasteiger partial charge in [-0.05, 0) is 73.5 Å². The minimum atomic E-state index is -0.703. The van der Waals surface area contributed by atoms with Crippen LogP contribution in [0.1, 0.15) is 33.6 Å². The van der Waals surface area contributed by atoms with Crippen molar-refractivity contribution >= 4 is 83.6 Å². The van der Waals surface area contributed by atoms with Gasteiger partial charge in [0.2, 0.25) is 11.8 Å². The molecule has 2 fully saturated rings. The Kier molecular flexibility index (Phi) is 8.59. The molecule has 4 unspecified atom stereocenters. The minimum absolute atomic E-state index is 0.123. The van der Waals surface area contributed by atoms with E-state index in [0.717, 1.165) is 0 Å². The number of carbonyl (C=O) groups excluding carboxylic acids is 4. The number of ether oxygens (including phenoxy) is 2. The number of hydrogen-bond acceptors (Lipinski definition) is 7. The van der Waals surface area contributed by atoms with Crippen molar-refractivity contribution < 1.29 is 28.7 Å². The van der Waals surface area contributed by atoms with Crippen LogP contribution < -0.4 is 9.64 Å². The molecule has 44 heavy (non-hydrogen) atoms. The third kappa shape index (κ3) is 5.78. The maximum atomic E-state index is 13.3. The number of imide groups is 1. The van der Waals surface area contributed by atoms with Gasteiger partial charge in [-0.25, -0.2) is 9.78 Å². The highest BCUT2D eigenvalue weighted by atomic mass is 79.9. The second-order valence-corrected chi connectivity index (χ2v) is 13.5. The fraction of sp³-hybridized carbons (Fsp3) is 0.242. The average molecular weight is 741 g/mol. The molecule has 2 heterocycles. The first-order valence-electron chi connectivity index (χ1n) is 13.9. The summed E-state index contributed by atoms with van der Waals surface area (Å²) in [4.78, 5) is 58.7. The van der Waals surface area contributed by atoms with Gasteiger partial charge in [-0.15, -0.1) is 0 Å². The molecule has 3 aromatic carbocycles. The molecule has 1 aromatic heterocycles. The van der Waals surface area contributed by atoms with E-state index in [4.69, 9.17) is 26.1 Å². The minimum Gasteiger partial charge on any atom is -0.497 e.